The number of aryl methyl sites for hydroxylation is 2. The quantitative estimate of drug-likeness (QED) is 0.849. The molecule has 15 heavy (non-hydrogen) atoms. The van der Waals surface area contributed by atoms with Crippen molar-refractivity contribution in [1.82, 2.24) is 15.1 Å². The number of hydrogen-bond donors (Lipinski definition) is 1. The largest absolute Gasteiger partial charge is 0.333 e. The maximum Gasteiger partial charge on any atom is 0.269 e. The van der Waals surface area contributed by atoms with Gasteiger partial charge in [0.15, 0.2) is 5.82 Å². The molecule has 0 unspecified atom stereocenters. The summed E-state index contributed by atoms with van der Waals surface area (Å²) in [6.07, 6.45) is 3.39. The van der Waals surface area contributed by atoms with Crippen molar-refractivity contribution in [2.45, 2.75) is 19.8 Å². The second kappa shape index (κ2) is 4.50. The molecule has 6 heteroatoms. The van der Waals surface area contributed by atoms with Gasteiger partial charge in [-0.2, -0.15) is 4.98 Å². The highest BCUT2D eigenvalue weighted by atomic mass is 32.1. The molecule has 0 aromatic carbocycles. The molecule has 0 aliphatic rings. The standard InChI is InChI=1S/C9H12N4OS/c1-6-11-5-7(15-6)9-12-8(13-14-9)3-2-4-10/h5H,2-4,10H2,1H3. The summed E-state index contributed by atoms with van der Waals surface area (Å²) < 4.78 is 5.13. The minimum Gasteiger partial charge on any atom is -0.333 e. The van der Waals surface area contributed by atoms with Crippen molar-refractivity contribution in [3.63, 3.8) is 0 Å². The smallest absolute Gasteiger partial charge is 0.269 e. The Bertz CT molecular complexity index is 437. The molecule has 0 saturated heterocycles. The predicted octanol–water partition coefficient (Wildman–Crippen LogP) is 1.39. The lowest BCUT2D eigenvalue weighted by atomic mass is 10.3. The molecule has 0 aliphatic carbocycles. The van der Waals surface area contributed by atoms with E-state index in [1.807, 2.05) is 6.92 Å². The van der Waals surface area contributed by atoms with E-state index in [1.54, 1.807) is 17.5 Å². The Kier molecular flexibility index (Phi) is 3.08. The fraction of sp³-hybridized carbons (Fsp3) is 0.444. The number of hydrogen-bond acceptors (Lipinski definition) is 6. The van der Waals surface area contributed by atoms with Crippen molar-refractivity contribution < 1.29 is 4.52 Å². The molecule has 0 spiro atoms. The summed E-state index contributed by atoms with van der Waals surface area (Å²) in [5.41, 5.74) is 5.40. The minimum atomic E-state index is 0.549. The highest BCUT2D eigenvalue weighted by Crippen LogP contribution is 2.23. The van der Waals surface area contributed by atoms with E-state index in [9.17, 15) is 0 Å². The average Bonchev–Trinajstić information content (AvgIpc) is 2.83. The van der Waals surface area contributed by atoms with Crippen molar-refractivity contribution in [3.05, 3.63) is 17.0 Å². The Morgan fingerprint density at radius 1 is 1.53 bits per heavy atom. The lowest BCUT2D eigenvalue weighted by Gasteiger charge is -1.87. The maximum atomic E-state index is 5.40. The highest BCUT2D eigenvalue weighted by molar-refractivity contribution is 7.14. The fourth-order valence-electron chi connectivity index (χ4n) is 1.18. The summed E-state index contributed by atoms with van der Waals surface area (Å²) in [5, 5.41) is 4.87. The van der Waals surface area contributed by atoms with E-state index >= 15 is 0 Å². The van der Waals surface area contributed by atoms with E-state index in [4.69, 9.17) is 10.3 Å². The van der Waals surface area contributed by atoms with Crippen LogP contribution in [0.15, 0.2) is 10.7 Å². The first kappa shape index (κ1) is 10.3. The summed E-state index contributed by atoms with van der Waals surface area (Å²) in [6.45, 7) is 2.59. The van der Waals surface area contributed by atoms with E-state index in [-0.39, 0.29) is 0 Å². The molecule has 0 atom stereocenters. The SMILES string of the molecule is Cc1ncc(-c2nc(CCCN)no2)s1. The van der Waals surface area contributed by atoms with Crippen LogP contribution in [0.3, 0.4) is 0 Å². The van der Waals surface area contributed by atoms with E-state index in [0.29, 0.717) is 18.3 Å². The average molecular weight is 224 g/mol. The van der Waals surface area contributed by atoms with Crippen molar-refractivity contribution in [3.8, 4) is 10.8 Å². The van der Waals surface area contributed by atoms with Crippen molar-refractivity contribution in [2.75, 3.05) is 6.54 Å². The van der Waals surface area contributed by atoms with Gasteiger partial charge in [-0.15, -0.1) is 11.3 Å². The van der Waals surface area contributed by atoms with Crippen LogP contribution >= 0.6 is 11.3 Å². The number of rotatable bonds is 4. The molecule has 2 aromatic heterocycles. The summed E-state index contributed by atoms with van der Waals surface area (Å²) >= 11 is 1.55. The Morgan fingerprint density at radius 3 is 3.07 bits per heavy atom. The number of thiazole rings is 1. The summed E-state index contributed by atoms with van der Waals surface area (Å²) in [6, 6.07) is 0. The lowest BCUT2D eigenvalue weighted by molar-refractivity contribution is 0.422. The van der Waals surface area contributed by atoms with Crippen LogP contribution in [0.25, 0.3) is 10.8 Å². The van der Waals surface area contributed by atoms with Crippen LogP contribution in [0.5, 0.6) is 0 Å². The lowest BCUT2D eigenvalue weighted by Crippen LogP contribution is -2.01. The fourth-order valence-corrected chi connectivity index (χ4v) is 1.88. The van der Waals surface area contributed by atoms with Gasteiger partial charge in [0.2, 0.25) is 0 Å². The van der Waals surface area contributed by atoms with Crippen molar-refractivity contribution >= 4 is 11.3 Å². The number of aromatic nitrogens is 3. The van der Waals surface area contributed by atoms with E-state index in [2.05, 4.69) is 15.1 Å². The van der Waals surface area contributed by atoms with Crippen molar-refractivity contribution in [1.29, 1.82) is 0 Å². The van der Waals surface area contributed by atoms with Crippen LogP contribution < -0.4 is 5.73 Å². The molecular weight excluding hydrogens is 212 g/mol. The molecule has 5 nitrogen and oxygen atoms in total. The minimum absolute atomic E-state index is 0.549. The van der Waals surface area contributed by atoms with Crippen LogP contribution in [-0.4, -0.2) is 21.7 Å². The topological polar surface area (TPSA) is 77.8 Å². The molecule has 2 N–H and O–H groups in total. The third-order valence-corrected chi connectivity index (χ3v) is 2.81. The number of nitrogens with two attached hydrogens (primary N) is 1. The maximum absolute atomic E-state index is 5.40. The second-order valence-electron chi connectivity index (χ2n) is 3.15. The molecule has 0 aliphatic heterocycles. The molecule has 2 rings (SSSR count). The molecule has 2 aromatic rings. The zero-order valence-corrected chi connectivity index (χ0v) is 9.25. The van der Waals surface area contributed by atoms with Gasteiger partial charge in [0, 0.05) is 6.42 Å². The van der Waals surface area contributed by atoms with E-state index in [1.165, 1.54) is 0 Å². The third-order valence-electron chi connectivity index (χ3n) is 1.90. The van der Waals surface area contributed by atoms with Gasteiger partial charge in [0.1, 0.15) is 4.88 Å². The van der Waals surface area contributed by atoms with Crippen LogP contribution in [0.2, 0.25) is 0 Å². The Labute approximate surface area is 91.3 Å². The van der Waals surface area contributed by atoms with Gasteiger partial charge in [0.05, 0.1) is 11.2 Å². The van der Waals surface area contributed by atoms with Crippen LogP contribution in [0, 0.1) is 6.92 Å². The third kappa shape index (κ3) is 2.40. The van der Waals surface area contributed by atoms with Gasteiger partial charge < -0.3 is 10.3 Å². The molecular formula is C9H12N4OS. The molecule has 0 fully saturated rings. The van der Waals surface area contributed by atoms with Gasteiger partial charge in [0.25, 0.3) is 5.89 Å². The number of nitrogens with zero attached hydrogens (tertiary/aromatic N) is 3. The molecule has 0 saturated carbocycles. The Balaban J connectivity index is 2.13. The van der Waals surface area contributed by atoms with Gasteiger partial charge in [-0.25, -0.2) is 4.98 Å². The van der Waals surface area contributed by atoms with Gasteiger partial charge in [-0.05, 0) is 19.9 Å². The normalized spacial score (nSPS) is 10.8. The molecule has 2 heterocycles. The van der Waals surface area contributed by atoms with E-state index < -0.39 is 0 Å². The highest BCUT2D eigenvalue weighted by Gasteiger charge is 2.10. The monoisotopic (exact) mass is 224 g/mol. The van der Waals surface area contributed by atoms with Gasteiger partial charge in [-0.3, -0.25) is 0 Å². The van der Waals surface area contributed by atoms with Crippen LogP contribution in [0.1, 0.15) is 17.3 Å². The Hall–Kier alpha value is -1.27. The zero-order chi connectivity index (χ0) is 10.7. The van der Waals surface area contributed by atoms with Crippen LogP contribution in [-0.2, 0) is 6.42 Å². The first-order valence-electron chi connectivity index (χ1n) is 4.75. The van der Waals surface area contributed by atoms with Gasteiger partial charge in [-0.1, -0.05) is 5.16 Å². The van der Waals surface area contributed by atoms with E-state index in [0.717, 1.165) is 22.7 Å². The first-order chi connectivity index (χ1) is 7.29. The second-order valence-corrected chi connectivity index (χ2v) is 4.39. The first-order valence-corrected chi connectivity index (χ1v) is 5.56. The summed E-state index contributed by atoms with van der Waals surface area (Å²) in [4.78, 5) is 9.32. The molecule has 80 valence electrons. The summed E-state index contributed by atoms with van der Waals surface area (Å²) in [5.74, 6) is 1.26. The van der Waals surface area contributed by atoms with Crippen LogP contribution in [0.4, 0.5) is 0 Å². The zero-order valence-electron chi connectivity index (χ0n) is 8.43. The predicted molar refractivity (Wildman–Crippen MR) is 57.5 cm³/mol. The molecule has 0 amide bonds. The Morgan fingerprint density at radius 2 is 2.40 bits per heavy atom. The molecule has 0 radical (unpaired) electrons. The molecule has 0 bridgehead atoms. The van der Waals surface area contributed by atoms with Gasteiger partial charge >= 0.3 is 0 Å². The summed E-state index contributed by atoms with van der Waals surface area (Å²) in [7, 11) is 0. The van der Waals surface area contributed by atoms with Crippen molar-refractivity contribution in [2.24, 2.45) is 5.73 Å².